The molecular weight excluding hydrogens is 338 g/mol. The molecule has 0 radical (unpaired) electrons. The molecule has 1 saturated heterocycles. The van der Waals surface area contributed by atoms with Gasteiger partial charge in [0.25, 0.3) is 0 Å². The van der Waals surface area contributed by atoms with E-state index in [1.54, 1.807) is 6.92 Å². The van der Waals surface area contributed by atoms with Crippen LogP contribution in [0.2, 0.25) is 0 Å². The summed E-state index contributed by atoms with van der Waals surface area (Å²) in [6.07, 6.45) is 9.31. The lowest BCUT2D eigenvalue weighted by Gasteiger charge is -2.21. The molecule has 3 atom stereocenters. The molecule has 0 bridgehead atoms. The SMILES string of the molecule is C[C@@H](C(=O)Nc1nc2c(s1)CCCC2)N1C(=O)[C@@H]2CC=CC[C@H]2C1=O. The van der Waals surface area contributed by atoms with Crippen LogP contribution in [0.3, 0.4) is 0 Å². The fraction of sp³-hybridized carbons (Fsp3) is 0.556. The van der Waals surface area contributed by atoms with Crippen molar-refractivity contribution in [1.82, 2.24) is 9.88 Å². The Kier molecular flexibility index (Phi) is 4.19. The van der Waals surface area contributed by atoms with Crippen molar-refractivity contribution >= 4 is 34.2 Å². The van der Waals surface area contributed by atoms with Crippen molar-refractivity contribution in [3.63, 3.8) is 0 Å². The van der Waals surface area contributed by atoms with Gasteiger partial charge in [-0.25, -0.2) is 4.98 Å². The molecule has 4 rings (SSSR count). The maximum Gasteiger partial charge on any atom is 0.249 e. The fourth-order valence-corrected chi connectivity index (χ4v) is 4.99. The van der Waals surface area contributed by atoms with Crippen LogP contribution in [0.5, 0.6) is 0 Å². The van der Waals surface area contributed by atoms with Crippen molar-refractivity contribution in [2.45, 2.75) is 51.5 Å². The number of carbonyl (C=O) groups excluding carboxylic acids is 3. The van der Waals surface area contributed by atoms with Crippen LogP contribution < -0.4 is 5.32 Å². The van der Waals surface area contributed by atoms with Crippen LogP contribution in [0.15, 0.2) is 12.2 Å². The second-order valence-electron chi connectivity index (χ2n) is 6.96. The van der Waals surface area contributed by atoms with Gasteiger partial charge >= 0.3 is 0 Å². The number of amides is 3. The van der Waals surface area contributed by atoms with E-state index in [9.17, 15) is 14.4 Å². The van der Waals surface area contributed by atoms with Gasteiger partial charge in [0.05, 0.1) is 17.5 Å². The molecule has 132 valence electrons. The predicted molar refractivity (Wildman–Crippen MR) is 94.1 cm³/mol. The lowest BCUT2D eigenvalue weighted by Crippen LogP contribution is -2.46. The van der Waals surface area contributed by atoms with Crippen LogP contribution in [0.25, 0.3) is 0 Å². The Bertz CT molecular complexity index is 720. The Morgan fingerprint density at radius 2 is 1.84 bits per heavy atom. The van der Waals surface area contributed by atoms with Gasteiger partial charge < -0.3 is 5.32 Å². The standard InChI is InChI=1S/C18H21N3O3S/c1-10(21-16(23)11-6-2-3-7-12(11)17(21)24)15(22)20-18-19-13-8-4-5-9-14(13)25-18/h2-3,10-12H,4-9H2,1H3,(H,19,20,22)/t10-,11+,12+/m0/s1. The number of fused-ring (bicyclic) bond motifs is 2. The predicted octanol–water partition coefficient (Wildman–Crippen LogP) is 2.30. The van der Waals surface area contributed by atoms with Gasteiger partial charge in [0, 0.05) is 4.88 Å². The summed E-state index contributed by atoms with van der Waals surface area (Å²) in [5.74, 6) is -1.40. The largest absolute Gasteiger partial charge is 0.300 e. The number of rotatable bonds is 3. The average Bonchev–Trinajstić information content (AvgIpc) is 3.13. The second-order valence-corrected chi connectivity index (χ2v) is 8.05. The molecule has 0 unspecified atom stereocenters. The molecule has 25 heavy (non-hydrogen) atoms. The second kappa shape index (κ2) is 6.37. The van der Waals surface area contributed by atoms with Crippen LogP contribution in [0.4, 0.5) is 5.13 Å². The number of anilines is 1. The van der Waals surface area contributed by atoms with Gasteiger partial charge in [-0.15, -0.1) is 11.3 Å². The molecule has 1 N–H and O–H groups in total. The summed E-state index contributed by atoms with van der Waals surface area (Å²) in [6, 6.07) is -0.813. The molecule has 7 heteroatoms. The lowest BCUT2D eigenvalue weighted by atomic mass is 9.85. The highest BCUT2D eigenvalue weighted by molar-refractivity contribution is 7.15. The van der Waals surface area contributed by atoms with Crippen LogP contribution in [-0.4, -0.2) is 33.6 Å². The summed E-state index contributed by atoms with van der Waals surface area (Å²) < 4.78 is 0. The van der Waals surface area contributed by atoms with E-state index in [1.807, 2.05) is 12.2 Å². The van der Waals surface area contributed by atoms with E-state index in [1.165, 1.54) is 16.2 Å². The number of nitrogens with one attached hydrogen (secondary N) is 1. The minimum Gasteiger partial charge on any atom is -0.300 e. The zero-order chi connectivity index (χ0) is 17.6. The van der Waals surface area contributed by atoms with Crippen molar-refractivity contribution < 1.29 is 14.4 Å². The molecule has 1 fully saturated rings. The zero-order valence-electron chi connectivity index (χ0n) is 14.2. The molecule has 1 aliphatic heterocycles. The molecule has 3 amide bonds. The molecule has 2 aliphatic carbocycles. The number of likely N-dealkylation sites (tertiary alicyclic amines) is 1. The quantitative estimate of drug-likeness (QED) is 0.663. The minimum absolute atomic E-state index is 0.222. The number of imide groups is 1. The highest BCUT2D eigenvalue weighted by Gasteiger charge is 2.50. The molecule has 3 aliphatic rings. The van der Waals surface area contributed by atoms with Crippen molar-refractivity contribution in [2.75, 3.05) is 5.32 Å². The summed E-state index contributed by atoms with van der Waals surface area (Å²) in [4.78, 5) is 44.7. The minimum atomic E-state index is -0.813. The summed E-state index contributed by atoms with van der Waals surface area (Å²) >= 11 is 1.50. The number of nitrogens with zero attached hydrogens (tertiary/aromatic N) is 2. The van der Waals surface area contributed by atoms with Crippen LogP contribution in [0.1, 0.15) is 43.2 Å². The first-order chi connectivity index (χ1) is 12.1. The van der Waals surface area contributed by atoms with E-state index in [0.29, 0.717) is 18.0 Å². The monoisotopic (exact) mass is 359 g/mol. The van der Waals surface area contributed by atoms with E-state index in [-0.39, 0.29) is 29.6 Å². The topological polar surface area (TPSA) is 79.4 Å². The molecule has 0 saturated carbocycles. The summed E-state index contributed by atoms with van der Waals surface area (Å²) in [5, 5.41) is 3.38. The molecular formula is C18H21N3O3S. The van der Waals surface area contributed by atoms with Gasteiger partial charge in [-0.05, 0) is 45.4 Å². The Labute approximate surface area is 150 Å². The van der Waals surface area contributed by atoms with Crippen molar-refractivity contribution in [2.24, 2.45) is 11.8 Å². The first-order valence-electron chi connectivity index (χ1n) is 8.87. The molecule has 1 aromatic heterocycles. The van der Waals surface area contributed by atoms with Crippen LogP contribution in [0, 0.1) is 11.8 Å². The summed E-state index contributed by atoms with van der Waals surface area (Å²) in [7, 11) is 0. The molecule has 6 nitrogen and oxygen atoms in total. The number of hydrogen-bond acceptors (Lipinski definition) is 5. The Balaban J connectivity index is 1.48. The maximum absolute atomic E-state index is 12.6. The number of thiazole rings is 1. The molecule has 2 heterocycles. The van der Waals surface area contributed by atoms with Gasteiger partial charge in [-0.3, -0.25) is 19.3 Å². The lowest BCUT2D eigenvalue weighted by molar-refractivity contribution is -0.146. The van der Waals surface area contributed by atoms with Crippen LogP contribution in [-0.2, 0) is 27.2 Å². The van der Waals surface area contributed by atoms with E-state index >= 15 is 0 Å². The van der Waals surface area contributed by atoms with Crippen molar-refractivity contribution in [3.8, 4) is 0 Å². The summed E-state index contributed by atoms with van der Waals surface area (Å²) in [6.45, 7) is 1.61. The van der Waals surface area contributed by atoms with E-state index in [2.05, 4.69) is 10.3 Å². The maximum atomic E-state index is 12.6. The highest BCUT2D eigenvalue weighted by atomic mass is 32.1. The van der Waals surface area contributed by atoms with Crippen molar-refractivity contribution in [1.29, 1.82) is 0 Å². The van der Waals surface area contributed by atoms with Crippen LogP contribution >= 0.6 is 11.3 Å². The normalized spacial score (nSPS) is 26.4. The number of aromatic nitrogens is 1. The zero-order valence-corrected chi connectivity index (χ0v) is 15.0. The Morgan fingerprint density at radius 3 is 2.48 bits per heavy atom. The first-order valence-corrected chi connectivity index (χ1v) is 9.69. The third-order valence-corrected chi connectivity index (χ3v) is 6.46. The Morgan fingerprint density at radius 1 is 1.20 bits per heavy atom. The molecule has 1 aromatic rings. The van der Waals surface area contributed by atoms with Crippen molar-refractivity contribution in [3.05, 3.63) is 22.7 Å². The average molecular weight is 359 g/mol. The molecule has 0 aromatic carbocycles. The number of allylic oxidation sites excluding steroid dienone is 2. The van der Waals surface area contributed by atoms with Gasteiger partial charge in [0.2, 0.25) is 17.7 Å². The van der Waals surface area contributed by atoms with E-state index in [0.717, 1.165) is 36.3 Å². The number of hydrogen-bond donors (Lipinski definition) is 1. The van der Waals surface area contributed by atoms with Gasteiger partial charge in [0.1, 0.15) is 6.04 Å². The smallest absolute Gasteiger partial charge is 0.249 e. The number of aryl methyl sites for hydroxylation is 2. The van der Waals surface area contributed by atoms with Gasteiger partial charge in [0.15, 0.2) is 5.13 Å². The summed E-state index contributed by atoms with van der Waals surface area (Å²) in [5.41, 5.74) is 1.07. The van der Waals surface area contributed by atoms with Gasteiger partial charge in [-0.1, -0.05) is 12.2 Å². The van der Waals surface area contributed by atoms with Gasteiger partial charge in [-0.2, -0.15) is 0 Å². The fourth-order valence-electron chi connectivity index (χ4n) is 3.94. The Hall–Kier alpha value is -2.02. The van der Waals surface area contributed by atoms with E-state index < -0.39 is 6.04 Å². The molecule has 0 spiro atoms. The third kappa shape index (κ3) is 2.80. The van der Waals surface area contributed by atoms with E-state index in [4.69, 9.17) is 0 Å². The first kappa shape index (κ1) is 16.4. The highest BCUT2D eigenvalue weighted by Crippen LogP contribution is 2.36. The third-order valence-electron chi connectivity index (χ3n) is 5.38. The number of carbonyl (C=O) groups is 3.